The van der Waals surface area contributed by atoms with Gasteiger partial charge in [0.15, 0.2) is 0 Å². The van der Waals surface area contributed by atoms with Gasteiger partial charge in [-0.1, -0.05) is 18.2 Å². The van der Waals surface area contributed by atoms with E-state index in [1.807, 2.05) is 18.2 Å². The Balaban J connectivity index is 2.05. The van der Waals surface area contributed by atoms with Crippen molar-refractivity contribution in [3.8, 4) is 0 Å². The Morgan fingerprint density at radius 3 is 2.53 bits per heavy atom. The lowest BCUT2D eigenvalue weighted by atomic mass is 9.75. The minimum Gasteiger partial charge on any atom is -0.306 e. The Morgan fingerprint density at radius 2 is 1.82 bits per heavy atom. The van der Waals surface area contributed by atoms with E-state index in [4.69, 9.17) is 0 Å². The summed E-state index contributed by atoms with van der Waals surface area (Å²) < 4.78 is 20.5. The fourth-order valence-electron chi connectivity index (χ4n) is 3.19. The van der Waals surface area contributed by atoms with E-state index in [1.54, 1.807) is 0 Å². The van der Waals surface area contributed by atoms with Crippen LogP contribution < -0.4 is 0 Å². The van der Waals surface area contributed by atoms with Crippen molar-refractivity contribution in [3.05, 3.63) is 29.8 Å². The first kappa shape index (κ1) is 11.5. The Kier molecular flexibility index (Phi) is 2.52. The van der Waals surface area contributed by atoms with Gasteiger partial charge < -0.3 is 4.90 Å². The highest BCUT2D eigenvalue weighted by molar-refractivity contribution is 8.24. The van der Waals surface area contributed by atoms with Crippen LogP contribution in [0, 0.1) is 0 Å². The molecule has 0 saturated carbocycles. The number of hydrogen-bond acceptors (Lipinski definition) is 3. The number of fused-ring (bicyclic) bond motifs is 2. The standard InChI is InChI=1S/C13H19NO2S/c1-14-8-6-13(7-9-14)10-17(15,16)12-5-3-2-4-11(12)13/h2-5,15-16H,6-10H2,1H3. The SMILES string of the molecule is CN1CCC2(CC1)CS(O)(O)c1ccccc12. The molecule has 0 bridgehead atoms. The van der Waals surface area contributed by atoms with Crippen molar-refractivity contribution in [1.29, 1.82) is 0 Å². The summed E-state index contributed by atoms with van der Waals surface area (Å²) in [6, 6.07) is 7.89. The largest absolute Gasteiger partial charge is 0.306 e. The van der Waals surface area contributed by atoms with Gasteiger partial charge in [-0.15, -0.1) is 0 Å². The van der Waals surface area contributed by atoms with Crippen LogP contribution in [0.1, 0.15) is 18.4 Å². The molecule has 4 heteroatoms. The van der Waals surface area contributed by atoms with Crippen molar-refractivity contribution in [2.24, 2.45) is 0 Å². The Bertz CT molecular complexity index is 439. The Hall–Kier alpha value is -0.550. The molecular weight excluding hydrogens is 234 g/mol. The maximum absolute atomic E-state index is 10.3. The summed E-state index contributed by atoms with van der Waals surface area (Å²) >= 11 is 0. The first-order valence-electron chi connectivity index (χ1n) is 6.08. The molecule has 0 unspecified atom stereocenters. The zero-order valence-electron chi connectivity index (χ0n) is 10.1. The molecule has 3 rings (SSSR count). The third kappa shape index (κ3) is 1.71. The lowest BCUT2D eigenvalue weighted by Gasteiger charge is -2.39. The molecule has 2 aliphatic rings. The number of rotatable bonds is 0. The lowest BCUT2D eigenvalue weighted by Crippen LogP contribution is -2.41. The molecule has 1 aromatic carbocycles. The van der Waals surface area contributed by atoms with Gasteiger partial charge in [-0.3, -0.25) is 9.11 Å². The first-order valence-corrected chi connectivity index (χ1v) is 7.79. The molecule has 2 heterocycles. The van der Waals surface area contributed by atoms with Crippen LogP contribution >= 0.6 is 10.6 Å². The molecule has 17 heavy (non-hydrogen) atoms. The summed E-state index contributed by atoms with van der Waals surface area (Å²) in [6.07, 6.45) is 2.08. The van der Waals surface area contributed by atoms with E-state index in [2.05, 4.69) is 18.0 Å². The normalized spacial score (nSPS) is 27.9. The van der Waals surface area contributed by atoms with Crippen LogP contribution in [-0.2, 0) is 5.41 Å². The van der Waals surface area contributed by atoms with Gasteiger partial charge in [0.2, 0.25) is 0 Å². The van der Waals surface area contributed by atoms with Crippen LogP contribution in [0.2, 0.25) is 0 Å². The van der Waals surface area contributed by atoms with E-state index in [1.165, 1.54) is 5.56 Å². The third-order valence-corrected chi connectivity index (χ3v) is 6.25. The molecule has 0 radical (unpaired) electrons. The van der Waals surface area contributed by atoms with E-state index in [9.17, 15) is 9.11 Å². The molecular formula is C13H19NO2S. The summed E-state index contributed by atoms with van der Waals surface area (Å²) in [5.74, 6) is 0.535. The maximum atomic E-state index is 10.3. The van der Waals surface area contributed by atoms with E-state index >= 15 is 0 Å². The quantitative estimate of drug-likeness (QED) is 0.747. The first-order chi connectivity index (χ1) is 8.04. The van der Waals surface area contributed by atoms with Crippen molar-refractivity contribution in [2.75, 3.05) is 25.9 Å². The Labute approximate surface area is 104 Å². The van der Waals surface area contributed by atoms with Gasteiger partial charge >= 0.3 is 0 Å². The average molecular weight is 253 g/mol. The van der Waals surface area contributed by atoms with Crippen LogP contribution in [0.4, 0.5) is 0 Å². The van der Waals surface area contributed by atoms with Crippen molar-refractivity contribution >= 4 is 10.6 Å². The lowest BCUT2D eigenvalue weighted by molar-refractivity contribution is 0.202. The molecule has 1 fully saturated rings. The summed E-state index contributed by atoms with van der Waals surface area (Å²) in [5, 5.41) is 0. The summed E-state index contributed by atoms with van der Waals surface area (Å²) in [5.41, 5.74) is 1.20. The second-order valence-electron chi connectivity index (χ2n) is 5.39. The van der Waals surface area contributed by atoms with Crippen molar-refractivity contribution in [2.45, 2.75) is 23.2 Å². The molecule has 1 saturated heterocycles. The second kappa shape index (κ2) is 3.72. The van der Waals surface area contributed by atoms with Gasteiger partial charge in [0, 0.05) is 5.41 Å². The van der Waals surface area contributed by atoms with Crippen LogP contribution in [0.5, 0.6) is 0 Å². The Morgan fingerprint density at radius 1 is 1.18 bits per heavy atom. The highest BCUT2D eigenvalue weighted by atomic mass is 32.3. The molecule has 1 aromatic rings. The third-order valence-electron chi connectivity index (χ3n) is 4.23. The van der Waals surface area contributed by atoms with Gasteiger partial charge in [0.1, 0.15) is 0 Å². The summed E-state index contributed by atoms with van der Waals surface area (Å²) in [7, 11) is -0.419. The maximum Gasteiger partial charge on any atom is 0.0622 e. The number of piperidine rings is 1. The molecule has 1 spiro atoms. The molecule has 94 valence electrons. The number of benzene rings is 1. The smallest absolute Gasteiger partial charge is 0.0622 e. The second-order valence-corrected chi connectivity index (χ2v) is 7.45. The number of nitrogens with zero attached hydrogens (tertiary/aromatic N) is 1. The zero-order chi connectivity index (χ0) is 12.1. The monoisotopic (exact) mass is 253 g/mol. The molecule has 2 N–H and O–H groups in total. The highest BCUT2D eigenvalue weighted by Gasteiger charge is 2.47. The van der Waals surface area contributed by atoms with Crippen LogP contribution in [0.3, 0.4) is 0 Å². The van der Waals surface area contributed by atoms with Gasteiger partial charge in [-0.25, -0.2) is 0 Å². The van der Waals surface area contributed by atoms with Crippen LogP contribution in [0.15, 0.2) is 29.2 Å². The number of hydrogen-bond donors (Lipinski definition) is 2. The molecule has 0 amide bonds. The minimum absolute atomic E-state index is 0.0158. The molecule has 0 atom stereocenters. The molecule has 0 aliphatic carbocycles. The molecule has 3 nitrogen and oxygen atoms in total. The van der Waals surface area contributed by atoms with E-state index in [0.29, 0.717) is 5.75 Å². The predicted molar refractivity (Wildman–Crippen MR) is 70.8 cm³/mol. The van der Waals surface area contributed by atoms with E-state index in [-0.39, 0.29) is 5.41 Å². The fourth-order valence-corrected chi connectivity index (χ4v) is 5.49. The summed E-state index contributed by atoms with van der Waals surface area (Å²) in [4.78, 5) is 3.11. The summed E-state index contributed by atoms with van der Waals surface area (Å²) in [6.45, 7) is 2.09. The van der Waals surface area contributed by atoms with Crippen LogP contribution in [-0.4, -0.2) is 39.9 Å². The highest BCUT2D eigenvalue weighted by Crippen LogP contribution is 2.63. The van der Waals surface area contributed by atoms with E-state index in [0.717, 1.165) is 30.8 Å². The van der Waals surface area contributed by atoms with Gasteiger partial charge in [-0.2, -0.15) is 10.6 Å². The number of likely N-dealkylation sites (tertiary alicyclic amines) is 1. The van der Waals surface area contributed by atoms with Crippen LogP contribution in [0.25, 0.3) is 0 Å². The van der Waals surface area contributed by atoms with Crippen molar-refractivity contribution < 1.29 is 9.11 Å². The van der Waals surface area contributed by atoms with E-state index < -0.39 is 10.6 Å². The molecule has 0 aromatic heterocycles. The van der Waals surface area contributed by atoms with Gasteiger partial charge in [0.25, 0.3) is 0 Å². The van der Waals surface area contributed by atoms with Crippen molar-refractivity contribution in [3.63, 3.8) is 0 Å². The fraction of sp³-hybridized carbons (Fsp3) is 0.538. The zero-order valence-corrected chi connectivity index (χ0v) is 10.9. The van der Waals surface area contributed by atoms with Gasteiger partial charge in [-0.05, 0) is 44.6 Å². The average Bonchev–Trinajstić information content (AvgIpc) is 2.53. The van der Waals surface area contributed by atoms with Crippen molar-refractivity contribution in [1.82, 2.24) is 4.90 Å². The topological polar surface area (TPSA) is 43.7 Å². The van der Waals surface area contributed by atoms with Gasteiger partial charge in [0.05, 0.1) is 10.6 Å². The predicted octanol–water partition coefficient (Wildman–Crippen LogP) is 2.77. The minimum atomic E-state index is -2.55. The molecule has 2 aliphatic heterocycles.